The van der Waals surface area contributed by atoms with E-state index in [2.05, 4.69) is 17.9 Å². The van der Waals surface area contributed by atoms with Gasteiger partial charge in [0.05, 0.1) is 19.3 Å². The summed E-state index contributed by atoms with van der Waals surface area (Å²) < 4.78 is 5.07. The molecule has 164 valence electrons. The fourth-order valence-corrected chi connectivity index (χ4v) is 6.92. The Morgan fingerprint density at radius 1 is 1.17 bits per heavy atom. The van der Waals surface area contributed by atoms with E-state index in [1.54, 1.807) is 0 Å². The Hall–Kier alpha value is -0.910. The molecule has 7 atom stereocenters. The zero-order valence-electron chi connectivity index (χ0n) is 18.1. The summed E-state index contributed by atoms with van der Waals surface area (Å²) in [4.78, 5) is 14.7. The standard InChI is InChI=1S/C24H39NO4/c1-3-15-7-9-16(10-8-15)22(26)12-11-18-19-13-17-5-4-6-20(24(28)29-2)25(17)21(19)14-23(18)27/h11-12,15-23,26-27H,3-10,13-14H2,1-2H3/b12-11+/t15?,16?,17?,18-,19-,20?,21-,22?,23?/m1/s1. The highest BCUT2D eigenvalue weighted by molar-refractivity contribution is 5.76. The molecule has 5 nitrogen and oxygen atoms in total. The molecule has 2 N–H and O–H groups in total. The van der Waals surface area contributed by atoms with Gasteiger partial charge < -0.3 is 14.9 Å². The van der Waals surface area contributed by atoms with Crippen LogP contribution in [0, 0.1) is 23.7 Å². The van der Waals surface area contributed by atoms with E-state index in [9.17, 15) is 15.0 Å². The van der Waals surface area contributed by atoms with Gasteiger partial charge in [-0.3, -0.25) is 9.69 Å². The summed E-state index contributed by atoms with van der Waals surface area (Å²) in [6, 6.07) is 0.537. The van der Waals surface area contributed by atoms with Gasteiger partial charge in [-0.15, -0.1) is 0 Å². The van der Waals surface area contributed by atoms with Gasteiger partial charge in [-0.05, 0) is 62.7 Å². The molecule has 2 aliphatic carbocycles. The first-order valence-electron chi connectivity index (χ1n) is 11.9. The van der Waals surface area contributed by atoms with Crippen molar-refractivity contribution in [1.82, 2.24) is 4.90 Å². The van der Waals surface area contributed by atoms with Crippen molar-refractivity contribution in [3.05, 3.63) is 12.2 Å². The minimum atomic E-state index is -0.397. The van der Waals surface area contributed by atoms with Gasteiger partial charge in [0.25, 0.3) is 0 Å². The van der Waals surface area contributed by atoms with Crippen molar-refractivity contribution in [3.8, 4) is 0 Å². The Balaban J connectivity index is 1.41. The molecule has 4 rings (SSSR count). The fraction of sp³-hybridized carbons (Fsp3) is 0.875. The molecule has 4 fully saturated rings. The third kappa shape index (κ3) is 4.15. The molecule has 0 aromatic carbocycles. The molecule has 2 aliphatic heterocycles. The number of esters is 1. The van der Waals surface area contributed by atoms with E-state index in [-0.39, 0.29) is 30.1 Å². The van der Waals surface area contributed by atoms with Gasteiger partial charge in [-0.2, -0.15) is 0 Å². The first-order valence-corrected chi connectivity index (χ1v) is 11.9. The van der Waals surface area contributed by atoms with Gasteiger partial charge >= 0.3 is 5.97 Å². The maximum atomic E-state index is 12.3. The summed E-state index contributed by atoms with van der Waals surface area (Å²) in [5.41, 5.74) is 0. The van der Waals surface area contributed by atoms with E-state index in [1.165, 1.54) is 26.4 Å². The van der Waals surface area contributed by atoms with Crippen molar-refractivity contribution in [2.45, 2.75) is 101 Å². The molecule has 2 saturated heterocycles. The summed E-state index contributed by atoms with van der Waals surface area (Å²) >= 11 is 0. The lowest BCUT2D eigenvalue weighted by atomic mass is 9.78. The Labute approximate surface area is 175 Å². The minimum absolute atomic E-state index is 0.0885. The molecule has 0 spiro atoms. The predicted molar refractivity (Wildman–Crippen MR) is 112 cm³/mol. The number of aliphatic hydroxyl groups is 2. The average molecular weight is 406 g/mol. The number of rotatable bonds is 5. The molecule has 4 aliphatic rings. The topological polar surface area (TPSA) is 70.0 Å². The van der Waals surface area contributed by atoms with E-state index < -0.39 is 6.10 Å². The molecule has 2 saturated carbocycles. The number of nitrogens with zero attached hydrogens (tertiary/aromatic N) is 1. The Morgan fingerprint density at radius 2 is 1.93 bits per heavy atom. The Kier molecular flexibility index (Phi) is 6.67. The van der Waals surface area contributed by atoms with Crippen LogP contribution in [0.2, 0.25) is 0 Å². The second-order valence-corrected chi connectivity index (χ2v) is 9.98. The van der Waals surface area contributed by atoms with E-state index in [4.69, 9.17) is 4.74 Å². The van der Waals surface area contributed by atoms with Crippen LogP contribution in [0.3, 0.4) is 0 Å². The van der Waals surface area contributed by atoms with Crippen LogP contribution in [0.1, 0.15) is 71.1 Å². The van der Waals surface area contributed by atoms with Gasteiger partial charge in [0.2, 0.25) is 0 Å². The lowest BCUT2D eigenvalue weighted by Gasteiger charge is -2.39. The van der Waals surface area contributed by atoms with Crippen LogP contribution in [-0.2, 0) is 9.53 Å². The van der Waals surface area contributed by atoms with Crippen LogP contribution < -0.4 is 0 Å². The number of fused-ring (bicyclic) bond motifs is 3. The van der Waals surface area contributed by atoms with Gasteiger partial charge in [0.15, 0.2) is 0 Å². The maximum absolute atomic E-state index is 12.3. The van der Waals surface area contributed by atoms with E-state index in [0.29, 0.717) is 17.9 Å². The highest BCUT2D eigenvalue weighted by Crippen LogP contribution is 2.49. The molecule has 5 heteroatoms. The van der Waals surface area contributed by atoms with E-state index in [0.717, 1.165) is 50.9 Å². The summed E-state index contributed by atoms with van der Waals surface area (Å²) in [5, 5.41) is 21.5. The molecule has 4 unspecified atom stereocenters. The first-order chi connectivity index (χ1) is 14.0. The second kappa shape index (κ2) is 9.07. The number of methoxy groups -OCH3 is 1. The first kappa shape index (κ1) is 21.3. The monoisotopic (exact) mass is 405 g/mol. The van der Waals surface area contributed by atoms with Crippen LogP contribution in [0.5, 0.6) is 0 Å². The largest absolute Gasteiger partial charge is 0.468 e. The molecule has 2 heterocycles. The third-order valence-electron chi connectivity index (χ3n) is 8.60. The minimum Gasteiger partial charge on any atom is -0.468 e. The highest BCUT2D eigenvalue weighted by Gasteiger charge is 2.55. The fourth-order valence-electron chi connectivity index (χ4n) is 6.92. The number of carbonyl (C=O) groups excluding carboxylic acids is 1. The summed E-state index contributed by atoms with van der Waals surface area (Å²) in [6.07, 6.45) is 14.1. The van der Waals surface area contributed by atoms with Crippen molar-refractivity contribution in [1.29, 1.82) is 0 Å². The molecular weight excluding hydrogens is 366 g/mol. The second-order valence-electron chi connectivity index (χ2n) is 9.98. The van der Waals surface area contributed by atoms with Crippen LogP contribution in [0.4, 0.5) is 0 Å². The van der Waals surface area contributed by atoms with Crippen molar-refractivity contribution in [2.75, 3.05) is 7.11 Å². The quantitative estimate of drug-likeness (QED) is 0.543. The molecular formula is C24H39NO4. The molecule has 0 aromatic heterocycles. The molecule has 0 radical (unpaired) electrons. The van der Waals surface area contributed by atoms with Crippen molar-refractivity contribution < 1.29 is 19.7 Å². The summed E-state index contributed by atoms with van der Waals surface area (Å²) in [5.74, 6) is 1.53. The predicted octanol–water partition coefficient (Wildman–Crippen LogP) is 3.29. The van der Waals surface area contributed by atoms with Crippen molar-refractivity contribution in [3.63, 3.8) is 0 Å². The average Bonchev–Trinajstić information content (AvgIpc) is 3.25. The number of aliphatic hydroxyl groups excluding tert-OH is 2. The van der Waals surface area contributed by atoms with Crippen LogP contribution in [0.15, 0.2) is 12.2 Å². The maximum Gasteiger partial charge on any atom is 0.323 e. The van der Waals surface area contributed by atoms with Gasteiger partial charge in [0, 0.05) is 18.0 Å². The third-order valence-corrected chi connectivity index (χ3v) is 8.60. The smallest absolute Gasteiger partial charge is 0.323 e. The van der Waals surface area contributed by atoms with Crippen LogP contribution >= 0.6 is 0 Å². The summed E-state index contributed by atoms with van der Waals surface area (Å²) in [6.45, 7) is 2.26. The number of ether oxygens (including phenoxy) is 1. The highest BCUT2D eigenvalue weighted by atomic mass is 16.5. The molecule has 29 heavy (non-hydrogen) atoms. The molecule has 0 bridgehead atoms. The lowest BCUT2D eigenvalue weighted by molar-refractivity contribution is -0.150. The van der Waals surface area contributed by atoms with Crippen LogP contribution in [0.25, 0.3) is 0 Å². The van der Waals surface area contributed by atoms with Gasteiger partial charge in [-0.1, -0.05) is 38.3 Å². The van der Waals surface area contributed by atoms with E-state index >= 15 is 0 Å². The number of carbonyl (C=O) groups is 1. The summed E-state index contributed by atoms with van der Waals surface area (Å²) in [7, 11) is 1.48. The number of hydrogen-bond acceptors (Lipinski definition) is 5. The Bertz CT molecular complexity index is 600. The van der Waals surface area contributed by atoms with Crippen LogP contribution in [-0.4, -0.2) is 58.5 Å². The van der Waals surface area contributed by atoms with Crippen molar-refractivity contribution >= 4 is 5.97 Å². The number of hydrogen-bond donors (Lipinski definition) is 2. The van der Waals surface area contributed by atoms with Gasteiger partial charge in [0.1, 0.15) is 6.04 Å². The molecule has 0 aromatic rings. The zero-order chi connectivity index (χ0) is 20.5. The van der Waals surface area contributed by atoms with Crippen molar-refractivity contribution in [2.24, 2.45) is 23.7 Å². The zero-order valence-corrected chi connectivity index (χ0v) is 18.1. The van der Waals surface area contributed by atoms with Gasteiger partial charge in [-0.25, -0.2) is 0 Å². The lowest BCUT2D eigenvalue weighted by Crippen LogP contribution is -2.51. The Morgan fingerprint density at radius 3 is 2.62 bits per heavy atom. The number of piperidine rings is 1. The molecule has 0 amide bonds. The normalized spacial score (nSPS) is 43.9. The van der Waals surface area contributed by atoms with E-state index in [1.807, 2.05) is 6.08 Å². The SMILES string of the molecule is CCC1CCC(C(O)/C=C/[C@H]2C(O)C[C@@H]3[C@@H]2CC2CCCC(C(=O)OC)N23)CC1.